The predicted octanol–water partition coefficient (Wildman–Crippen LogP) is 4.46. The number of nitrogens with zero attached hydrogens (tertiary/aromatic N) is 3. The summed E-state index contributed by atoms with van der Waals surface area (Å²) in [7, 11) is 0. The molecule has 23 heavy (non-hydrogen) atoms. The van der Waals surface area contributed by atoms with Gasteiger partial charge >= 0.3 is 0 Å². The van der Waals surface area contributed by atoms with Crippen molar-refractivity contribution >= 4 is 23.2 Å². The average Bonchev–Trinajstić information content (AvgIpc) is 2.96. The summed E-state index contributed by atoms with van der Waals surface area (Å²) < 4.78 is 0. The third-order valence-electron chi connectivity index (χ3n) is 4.58. The van der Waals surface area contributed by atoms with E-state index in [1.807, 2.05) is 12.1 Å². The van der Waals surface area contributed by atoms with Crippen LogP contribution in [-0.4, -0.2) is 35.4 Å². The van der Waals surface area contributed by atoms with Crippen LogP contribution in [-0.2, 0) is 0 Å². The molecule has 2 aliphatic heterocycles. The van der Waals surface area contributed by atoms with Crippen molar-refractivity contribution in [1.82, 2.24) is 9.80 Å². The highest BCUT2D eigenvalue weighted by Gasteiger charge is 2.37. The fourth-order valence-electron chi connectivity index (χ4n) is 3.59. The summed E-state index contributed by atoms with van der Waals surface area (Å²) in [6.07, 6.45) is 1.14. The van der Waals surface area contributed by atoms with Gasteiger partial charge in [0.15, 0.2) is 0 Å². The molecule has 0 bridgehead atoms. The number of halogens is 1. The van der Waals surface area contributed by atoms with E-state index in [0.29, 0.717) is 0 Å². The first-order valence-corrected chi connectivity index (χ1v) is 8.60. The van der Waals surface area contributed by atoms with Crippen molar-refractivity contribution in [2.24, 2.45) is 4.99 Å². The number of hydrogen-bond acceptors (Lipinski definition) is 3. The van der Waals surface area contributed by atoms with Crippen LogP contribution >= 0.6 is 11.6 Å². The normalized spacial score (nSPS) is 19.4. The highest BCUT2D eigenvalue weighted by Crippen LogP contribution is 2.42. The number of aliphatic imine (C=N–C) groups is 1. The summed E-state index contributed by atoms with van der Waals surface area (Å²) in [6, 6.07) is 16.9. The van der Waals surface area contributed by atoms with E-state index in [-0.39, 0.29) is 6.04 Å². The van der Waals surface area contributed by atoms with Gasteiger partial charge in [0.25, 0.3) is 0 Å². The molecule has 1 fully saturated rings. The highest BCUT2D eigenvalue weighted by molar-refractivity contribution is 6.30. The van der Waals surface area contributed by atoms with Gasteiger partial charge in [-0.05, 0) is 30.2 Å². The van der Waals surface area contributed by atoms with E-state index >= 15 is 0 Å². The Labute approximate surface area is 142 Å². The molecule has 0 N–H and O–H groups in total. The third-order valence-corrected chi connectivity index (χ3v) is 4.81. The summed E-state index contributed by atoms with van der Waals surface area (Å²) in [5, 5.41) is 0.771. The number of hydrogen-bond donors (Lipinski definition) is 0. The lowest BCUT2D eigenvalue weighted by molar-refractivity contribution is 0.386. The van der Waals surface area contributed by atoms with Crippen LogP contribution in [0.2, 0.25) is 5.02 Å². The lowest BCUT2D eigenvalue weighted by atomic mass is 9.95. The van der Waals surface area contributed by atoms with E-state index in [4.69, 9.17) is 16.6 Å². The van der Waals surface area contributed by atoms with Crippen molar-refractivity contribution in [3.63, 3.8) is 0 Å². The van der Waals surface area contributed by atoms with E-state index in [0.717, 1.165) is 42.7 Å². The van der Waals surface area contributed by atoms with Gasteiger partial charge in [0.1, 0.15) is 0 Å². The fourth-order valence-corrected chi connectivity index (χ4v) is 3.77. The summed E-state index contributed by atoms with van der Waals surface area (Å²) in [5.41, 5.74) is 3.53. The molecule has 0 radical (unpaired) electrons. The Hall–Kier alpha value is -2.00. The fraction of sp³-hybridized carbons (Fsp3) is 0.316. The number of benzene rings is 2. The van der Waals surface area contributed by atoms with Gasteiger partial charge in [-0.2, -0.15) is 0 Å². The van der Waals surface area contributed by atoms with E-state index in [9.17, 15) is 0 Å². The van der Waals surface area contributed by atoms with Crippen LogP contribution < -0.4 is 0 Å². The van der Waals surface area contributed by atoms with E-state index in [1.165, 1.54) is 11.1 Å². The van der Waals surface area contributed by atoms with Crippen LogP contribution in [0.4, 0.5) is 5.69 Å². The second kappa shape index (κ2) is 5.89. The smallest absolute Gasteiger partial charge is 0.202 e. The standard InChI is InChI=1S/C19H20ClN3/c1-2-10-22-11-12-23-18(14-6-4-3-5-7-14)16-13-15(20)8-9-17(16)21-19(22)23/h3-9,13,18H,2,10-12H2,1H3. The van der Waals surface area contributed by atoms with E-state index in [2.05, 4.69) is 53.1 Å². The molecule has 1 atom stereocenters. The van der Waals surface area contributed by atoms with Gasteiger partial charge in [0.2, 0.25) is 5.96 Å². The molecule has 3 nitrogen and oxygen atoms in total. The summed E-state index contributed by atoms with van der Waals surface area (Å²) in [6.45, 7) is 5.32. The Morgan fingerprint density at radius 2 is 1.96 bits per heavy atom. The van der Waals surface area contributed by atoms with Crippen LogP contribution in [0, 0.1) is 0 Å². The number of fused-ring (bicyclic) bond motifs is 2. The Kier molecular flexibility index (Phi) is 3.74. The molecule has 4 heteroatoms. The number of rotatable bonds is 3. The molecule has 1 saturated heterocycles. The molecule has 0 spiro atoms. The Morgan fingerprint density at radius 1 is 1.13 bits per heavy atom. The van der Waals surface area contributed by atoms with Gasteiger partial charge in [-0.3, -0.25) is 0 Å². The Balaban J connectivity index is 1.85. The molecule has 2 aromatic rings. The first kappa shape index (κ1) is 14.6. The monoisotopic (exact) mass is 325 g/mol. The quantitative estimate of drug-likeness (QED) is 0.829. The van der Waals surface area contributed by atoms with Crippen LogP contribution in [0.5, 0.6) is 0 Å². The van der Waals surface area contributed by atoms with Crippen LogP contribution in [0.25, 0.3) is 0 Å². The minimum atomic E-state index is 0.194. The van der Waals surface area contributed by atoms with Gasteiger partial charge < -0.3 is 9.80 Å². The summed E-state index contributed by atoms with van der Waals surface area (Å²) in [5.74, 6) is 1.11. The van der Waals surface area contributed by atoms with Gasteiger partial charge in [0, 0.05) is 30.2 Å². The average molecular weight is 326 g/mol. The van der Waals surface area contributed by atoms with E-state index < -0.39 is 0 Å². The lowest BCUT2D eigenvalue weighted by Gasteiger charge is -2.35. The zero-order chi connectivity index (χ0) is 15.8. The summed E-state index contributed by atoms with van der Waals surface area (Å²) in [4.78, 5) is 9.75. The van der Waals surface area contributed by atoms with Crippen molar-refractivity contribution in [3.05, 3.63) is 64.7 Å². The molecule has 4 rings (SSSR count). The maximum absolute atomic E-state index is 6.27. The van der Waals surface area contributed by atoms with Crippen molar-refractivity contribution in [2.45, 2.75) is 19.4 Å². The molecule has 0 saturated carbocycles. The molecule has 2 aliphatic rings. The van der Waals surface area contributed by atoms with Crippen LogP contribution in [0.15, 0.2) is 53.5 Å². The number of guanidine groups is 1. The third kappa shape index (κ3) is 2.49. The first-order chi connectivity index (χ1) is 11.3. The largest absolute Gasteiger partial charge is 0.341 e. The lowest BCUT2D eigenvalue weighted by Crippen LogP contribution is -2.39. The molecule has 118 valence electrons. The molecule has 0 aromatic heterocycles. The minimum Gasteiger partial charge on any atom is -0.341 e. The first-order valence-electron chi connectivity index (χ1n) is 8.22. The second-order valence-corrected chi connectivity index (χ2v) is 6.55. The zero-order valence-corrected chi connectivity index (χ0v) is 14.0. The maximum atomic E-state index is 6.27. The molecule has 0 aliphatic carbocycles. The van der Waals surface area contributed by atoms with Gasteiger partial charge in [-0.15, -0.1) is 0 Å². The topological polar surface area (TPSA) is 18.8 Å². The summed E-state index contributed by atoms with van der Waals surface area (Å²) >= 11 is 6.27. The molecule has 1 unspecified atom stereocenters. The van der Waals surface area contributed by atoms with Crippen molar-refractivity contribution in [3.8, 4) is 0 Å². The van der Waals surface area contributed by atoms with Crippen LogP contribution in [0.1, 0.15) is 30.5 Å². The predicted molar refractivity (Wildman–Crippen MR) is 95.4 cm³/mol. The van der Waals surface area contributed by atoms with Crippen LogP contribution in [0.3, 0.4) is 0 Å². The molecule has 2 aromatic carbocycles. The van der Waals surface area contributed by atoms with E-state index in [1.54, 1.807) is 0 Å². The SMILES string of the molecule is CCCN1CCN2C1=Nc1ccc(Cl)cc1C2c1ccccc1. The molecule has 0 amide bonds. The van der Waals surface area contributed by atoms with Gasteiger partial charge in [-0.25, -0.2) is 4.99 Å². The maximum Gasteiger partial charge on any atom is 0.202 e. The zero-order valence-electron chi connectivity index (χ0n) is 13.2. The molecule has 2 heterocycles. The van der Waals surface area contributed by atoms with Crippen molar-refractivity contribution in [1.29, 1.82) is 0 Å². The van der Waals surface area contributed by atoms with Gasteiger partial charge in [0.05, 0.1) is 11.7 Å². The Bertz CT molecular complexity index is 742. The minimum absolute atomic E-state index is 0.194. The van der Waals surface area contributed by atoms with Crippen molar-refractivity contribution < 1.29 is 0 Å². The second-order valence-electron chi connectivity index (χ2n) is 6.11. The molecular formula is C19H20ClN3. The Morgan fingerprint density at radius 3 is 2.74 bits per heavy atom. The van der Waals surface area contributed by atoms with Crippen molar-refractivity contribution in [2.75, 3.05) is 19.6 Å². The molecular weight excluding hydrogens is 306 g/mol. The van der Waals surface area contributed by atoms with Gasteiger partial charge in [-0.1, -0.05) is 48.9 Å². The highest BCUT2D eigenvalue weighted by atomic mass is 35.5.